The lowest BCUT2D eigenvalue weighted by atomic mass is 10.0. The lowest BCUT2D eigenvalue weighted by Crippen LogP contribution is -2.70. The first kappa shape index (κ1) is 14.4. The number of hydrogen-bond acceptors (Lipinski definition) is 4. The molecule has 2 heterocycles. The summed E-state index contributed by atoms with van der Waals surface area (Å²) in [5, 5.41) is 5.08. The molecule has 1 unspecified atom stereocenters. The van der Waals surface area contributed by atoms with Crippen molar-refractivity contribution in [2.24, 2.45) is 5.73 Å². The second kappa shape index (κ2) is 5.71. The molecule has 5 nitrogen and oxygen atoms in total. The number of hydrogen-bond donors (Lipinski definition) is 2. The molecule has 1 aromatic carbocycles. The molecule has 1 aromatic rings. The molecule has 0 aliphatic carbocycles. The molecule has 110 valence electrons. The zero-order valence-corrected chi connectivity index (χ0v) is 12.6. The van der Waals surface area contributed by atoms with E-state index in [4.69, 9.17) is 17.3 Å². The summed E-state index contributed by atoms with van der Waals surface area (Å²) >= 11 is 7.34. The number of amides is 2. The highest BCUT2D eigenvalue weighted by Gasteiger charge is 2.50. The van der Waals surface area contributed by atoms with Gasteiger partial charge < -0.3 is 16.0 Å². The van der Waals surface area contributed by atoms with Gasteiger partial charge in [-0.3, -0.25) is 9.59 Å². The predicted octanol–water partition coefficient (Wildman–Crippen LogP) is 1.17. The summed E-state index contributed by atoms with van der Waals surface area (Å²) in [4.78, 5) is 25.8. The van der Waals surface area contributed by atoms with Crippen molar-refractivity contribution in [3.63, 3.8) is 0 Å². The topological polar surface area (TPSA) is 75.4 Å². The van der Waals surface area contributed by atoms with Crippen LogP contribution in [0.3, 0.4) is 0 Å². The van der Waals surface area contributed by atoms with Gasteiger partial charge in [-0.15, -0.1) is 11.8 Å². The summed E-state index contributed by atoms with van der Waals surface area (Å²) in [5.41, 5.74) is 6.64. The van der Waals surface area contributed by atoms with Gasteiger partial charge in [-0.2, -0.15) is 0 Å². The smallest absolute Gasteiger partial charge is 0.249 e. The Hall–Kier alpha value is -1.50. The summed E-state index contributed by atoms with van der Waals surface area (Å²) in [6.07, 6.45) is 0. The Bertz CT molecular complexity index is 607. The van der Waals surface area contributed by atoms with Crippen molar-refractivity contribution in [2.75, 3.05) is 6.54 Å². The van der Waals surface area contributed by atoms with Crippen LogP contribution in [0.2, 0.25) is 0 Å². The van der Waals surface area contributed by atoms with Gasteiger partial charge in [0, 0.05) is 5.03 Å². The molecule has 0 spiro atoms. The summed E-state index contributed by atoms with van der Waals surface area (Å²) in [7, 11) is 0. The standard InChI is InChI=1S/C14H14ClN3O2S/c15-9-6-18-13(20)11(14(18)21-7-9)17-12(19)10(16)8-4-2-1-3-5-8/h1-5,7,10-11,14H,6,16H2,(H,17,19)/t10-,11?,14-/m1/s1. The maximum absolute atomic E-state index is 12.2. The number of fused-ring (bicyclic) bond motifs is 1. The Kier molecular flexibility index (Phi) is 3.93. The van der Waals surface area contributed by atoms with Crippen LogP contribution in [0, 0.1) is 0 Å². The molecule has 0 saturated carbocycles. The Morgan fingerprint density at radius 1 is 1.43 bits per heavy atom. The second-order valence-corrected chi connectivity index (χ2v) is 6.41. The van der Waals surface area contributed by atoms with Crippen LogP contribution < -0.4 is 11.1 Å². The first-order chi connectivity index (χ1) is 10.1. The number of β-lactam (4-membered cyclic amide) rings is 1. The number of carbonyl (C=O) groups is 2. The minimum atomic E-state index is -0.777. The van der Waals surface area contributed by atoms with Gasteiger partial charge >= 0.3 is 0 Å². The van der Waals surface area contributed by atoms with Crippen LogP contribution in [-0.4, -0.2) is 34.7 Å². The van der Waals surface area contributed by atoms with Gasteiger partial charge in [0.05, 0.1) is 6.54 Å². The monoisotopic (exact) mass is 323 g/mol. The Morgan fingerprint density at radius 2 is 2.14 bits per heavy atom. The Balaban J connectivity index is 1.65. The van der Waals surface area contributed by atoms with Crippen LogP contribution in [0.15, 0.2) is 40.8 Å². The van der Waals surface area contributed by atoms with Gasteiger partial charge in [0.25, 0.3) is 0 Å². The van der Waals surface area contributed by atoms with E-state index in [-0.39, 0.29) is 17.2 Å². The van der Waals surface area contributed by atoms with Crippen molar-refractivity contribution in [1.29, 1.82) is 0 Å². The molecule has 0 aromatic heterocycles. The largest absolute Gasteiger partial charge is 0.340 e. The molecule has 2 aliphatic rings. The van der Waals surface area contributed by atoms with E-state index >= 15 is 0 Å². The van der Waals surface area contributed by atoms with Gasteiger partial charge in [0.15, 0.2) is 0 Å². The zero-order chi connectivity index (χ0) is 15.0. The van der Waals surface area contributed by atoms with Crippen LogP contribution in [0.5, 0.6) is 0 Å². The fourth-order valence-electron chi connectivity index (χ4n) is 2.38. The number of benzene rings is 1. The van der Waals surface area contributed by atoms with Gasteiger partial charge in [-0.25, -0.2) is 0 Å². The maximum atomic E-state index is 12.2. The number of nitrogens with two attached hydrogens (primary N) is 1. The molecule has 1 saturated heterocycles. The van der Waals surface area contributed by atoms with Crippen LogP contribution in [0.4, 0.5) is 0 Å². The number of thioether (sulfide) groups is 1. The molecule has 3 atom stereocenters. The second-order valence-electron chi connectivity index (χ2n) is 4.93. The zero-order valence-electron chi connectivity index (χ0n) is 11.0. The minimum Gasteiger partial charge on any atom is -0.340 e. The fraction of sp³-hybridized carbons (Fsp3) is 0.286. The van der Waals surface area contributed by atoms with E-state index in [9.17, 15) is 9.59 Å². The molecule has 3 rings (SSSR count). The quantitative estimate of drug-likeness (QED) is 0.819. The van der Waals surface area contributed by atoms with Crippen molar-refractivity contribution in [3.05, 3.63) is 46.3 Å². The number of nitrogens with zero attached hydrogens (tertiary/aromatic N) is 1. The van der Waals surface area contributed by atoms with Crippen molar-refractivity contribution in [2.45, 2.75) is 17.5 Å². The van der Waals surface area contributed by atoms with Crippen LogP contribution in [-0.2, 0) is 9.59 Å². The highest BCUT2D eigenvalue weighted by atomic mass is 35.5. The first-order valence-electron chi connectivity index (χ1n) is 6.49. The summed E-state index contributed by atoms with van der Waals surface area (Å²) in [6.45, 7) is 0.412. The molecule has 0 bridgehead atoms. The van der Waals surface area contributed by atoms with Crippen molar-refractivity contribution in [3.8, 4) is 0 Å². The third-order valence-corrected chi connectivity index (χ3v) is 5.12. The molecule has 3 N–H and O–H groups in total. The molecular formula is C14H14ClN3O2S. The SMILES string of the molecule is N[C@@H](C(=O)NC1C(=O)N2CC(Cl)=CS[C@H]12)c1ccccc1. The van der Waals surface area contributed by atoms with Gasteiger partial charge in [-0.1, -0.05) is 41.9 Å². The number of nitrogens with one attached hydrogen (secondary N) is 1. The fourth-order valence-corrected chi connectivity index (χ4v) is 3.69. The van der Waals surface area contributed by atoms with Crippen LogP contribution >= 0.6 is 23.4 Å². The third kappa shape index (κ3) is 2.66. The maximum Gasteiger partial charge on any atom is 0.249 e. The molecule has 2 amide bonds. The van der Waals surface area contributed by atoms with Crippen molar-refractivity contribution >= 4 is 35.2 Å². The van der Waals surface area contributed by atoms with Crippen LogP contribution in [0.1, 0.15) is 11.6 Å². The lowest BCUT2D eigenvalue weighted by Gasteiger charge is -2.48. The van der Waals surface area contributed by atoms with E-state index in [1.54, 1.807) is 17.0 Å². The molecule has 2 aliphatic heterocycles. The highest BCUT2D eigenvalue weighted by molar-refractivity contribution is 8.03. The van der Waals surface area contributed by atoms with E-state index in [1.807, 2.05) is 23.6 Å². The lowest BCUT2D eigenvalue weighted by molar-refractivity contribution is -0.148. The van der Waals surface area contributed by atoms with Gasteiger partial charge in [0.1, 0.15) is 17.5 Å². The number of rotatable bonds is 3. The van der Waals surface area contributed by atoms with Crippen molar-refractivity contribution < 1.29 is 9.59 Å². The normalized spacial score (nSPS) is 25.5. The number of halogens is 1. The summed E-state index contributed by atoms with van der Waals surface area (Å²) < 4.78 is 0. The molecule has 21 heavy (non-hydrogen) atoms. The molecule has 1 fully saturated rings. The Morgan fingerprint density at radius 3 is 2.86 bits per heavy atom. The average Bonchev–Trinajstić information content (AvgIpc) is 2.52. The van der Waals surface area contributed by atoms with E-state index in [0.717, 1.165) is 5.56 Å². The van der Waals surface area contributed by atoms with Crippen molar-refractivity contribution in [1.82, 2.24) is 10.2 Å². The van der Waals surface area contributed by atoms with E-state index in [0.29, 0.717) is 11.6 Å². The third-order valence-electron chi connectivity index (χ3n) is 3.54. The molecular weight excluding hydrogens is 310 g/mol. The first-order valence-corrected chi connectivity index (χ1v) is 7.81. The Labute approximate surface area is 131 Å². The van der Waals surface area contributed by atoms with E-state index in [1.165, 1.54) is 11.8 Å². The summed E-state index contributed by atoms with van der Waals surface area (Å²) in [6, 6.07) is 7.77. The average molecular weight is 324 g/mol. The molecule has 7 heteroatoms. The summed E-state index contributed by atoms with van der Waals surface area (Å²) in [5.74, 6) is -0.465. The highest BCUT2D eigenvalue weighted by Crippen LogP contribution is 2.37. The number of carbonyl (C=O) groups excluding carboxylic acids is 2. The van der Waals surface area contributed by atoms with Gasteiger partial charge in [0.2, 0.25) is 11.8 Å². The van der Waals surface area contributed by atoms with E-state index in [2.05, 4.69) is 5.32 Å². The molecule has 0 radical (unpaired) electrons. The van der Waals surface area contributed by atoms with Gasteiger partial charge in [-0.05, 0) is 11.0 Å². The minimum absolute atomic E-state index is 0.0908. The van der Waals surface area contributed by atoms with E-state index < -0.39 is 12.1 Å². The predicted molar refractivity (Wildman–Crippen MR) is 82.3 cm³/mol. The van der Waals surface area contributed by atoms with Crippen LogP contribution in [0.25, 0.3) is 0 Å².